The number of nitrogens with two attached hydrogens (primary N) is 1. The molecule has 10 heteroatoms. The number of hydrogen-bond donors (Lipinski definition) is 2. The van der Waals surface area contributed by atoms with Crippen molar-refractivity contribution in [2.75, 3.05) is 13.7 Å². The van der Waals surface area contributed by atoms with E-state index in [1.807, 2.05) is 48.7 Å². The van der Waals surface area contributed by atoms with E-state index in [0.717, 1.165) is 11.1 Å². The summed E-state index contributed by atoms with van der Waals surface area (Å²) in [6, 6.07) is 18.3. The number of benzene rings is 2. The second kappa shape index (κ2) is 12.7. The molecule has 0 spiro atoms. The largest absolute Gasteiger partial charge is 0.495 e. The maximum absolute atomic E-state index is 12.7. The van der Waals surface area contributed by atoms with Gasteiger partial charge in [0.2, 0.25) is 11.6 Å². The Hall–Kier alpha value is -3.66. The summed E-state index contributed by atoms with van der Waals surface area (Å²) in [4.78, 5) is 12.7. The molecule has 0 unspecified atom stereocenters. The molecule has 4 rings (SSSR count). The van der Waals surface area contributed by atoms with Gasteiger partial charge in [-0.15, -0.1) is 10.2 Å². The van der Waals surface area contributed by atoms with E-state index in [2.05, 4.69) is 15.5 Å². The van der Waals surface area contributed by atoms with Gasteiger partial charge >= 0.3 is 0 Å². The second-order valence-electron chi connectivity index (χ2n) is 9.13. The van der Waals surface area contributed by atoms with E-state index in [-0.39, 0.29) is 26.5 Å². The van der Waals surface area contributed by atoms with Gasteiger partial charge in [0.05, 0.1) is 30.9 Å². The Morgan fingerprint density at radius 3 is 2.50 bits per heavy atom. The molecule has 0 saturated heterocycles. The first-order valence-electron chi connectivity index (χ1n) is 11.8. The summed E-state index contributed by atoms with van der Waals surface area (Å²) < 4.78 is 19.0. The standard InChI is InChI=1S/C27H30ClN5O4.CH4/c1-27(2,29)26(34)30-21(17-36-15-18-8-5-4-6-9-18)24-31-32-25-23(10-7-13-33(24)25)37-16-19-11-12-22(35-3)20(28)14-19;/h4-14,21H,15-17,29H2,1-3H3,(H,30,34);1H4/t21-;/m1./s1. The van der Waals surface area contributed by atoms with Gasteiger partial charge in [-0.25, -0.2) is 0 Å². The third-order valence-corrected chi connectivity index (χ3v) is 5.93. The minimum Gasteiger partial charge on any atom is -0.495 e. The molecule has 4 aromatic rings. The Labute approximate surface area is 227 Å². The van der Waals surface area contributed by atoms with Crippen LogP contribution >= 0.6 is 11.6 Å². The average molecular weight is 540 g/mol. The predicted molar refractivity (Wildman–Crippen MR) is 147 cm³/mol. The fraction of sp³-hybridized carbons (Fsp3) is 0.321. The normalized spacial score (nSPS) is 12.0. The lowest BCUT2D eigenvalue weighted by atomic mass is 10.1. The lowest BCUT2D eigenvalue weighted by molar-refractivity contribution is -0.126. The zero-order valence-corrected chi connectivity index (χ0v) is 21.7. The third kappa shape index (κ3) is 7.00. The SMILES string of the molecule is C.COc1ccc(COc2cccn3c([C@@H](COCc4ccccc4)NC(=O)C(C)(C)N)nnc23)cc1Cl. The van der Waals surface area contributed by atoms with Gasteiger partial charge in [0, 0.05) is 6.20 Å². The summed E-state index contributed by atoms with van der Waals surface area (Å²) in [5.41, 5.74) is 7.35. The molecule has 1 atom stereocenters. The van der Waals surface area contributed by atoms with Crippen molar-refractivity contribution >= 4 is 23.2 Å². The Kier molecular flexibility index (Phi) is 9.68. The van der Waals surface area contributed by atoms with Crippen LogP contribution in [-0.4, -0.2) is 39.8 Å². The molecular weight excluding hydrogens is 506 g/mol. The number of aromatic nitrogens is 3. The van der Waals surface area contributed by atoms with E-state index in [1.165, 1.54) is 0 Å². The number of amides is 1. The van der Waals surface area contributed by atoms with Crippen LogP contribution in [-0.2, 0) is 22.7 Å². The Balaban J connectivity index is 0.00000400. The van der Waals surface area contributed by atoms with E-state index in [9.17, 15) is 4.79 Å². The summed E-state index contributed by atoms with van der Waals surface area (Å²) in [7, 11) is 1.57. The van der Waals surface area contributed by atoms with Gasteiger partial charge in [-0.05, 0) is 49.2 Å². The van der Waals surface area contributed by atoms with Gasteiger partial charge in [0.15, 0.2) is 11.6 Å². The van der Waals surface area contributed by atoms with E-state index >= 15 is 0 Å². The van der Waals surface area contributed by atoms with Crippen molar-refractivity contribution in [2.24, 2.45) is 5.73 Å². The number of fused-ring (bicyclic) bond motifs is 1. The summed E-state index contributed by atoms with van der Waals surface area (Å²) >= 11 is 6.24. The van der Waals surface area contributed by atoms with Crippen LogP contribution in [0, 0.1) is 0 Å². The van der Waals surface area contributed by atoms with Crippen molar-refractivity contribution in [2.45, 2.75) is 46.1 Å². The minimum atomic E-state index is -1.08. The molecule has 202 valence electrons. The van der Waals surface area contributed by atoms with E-state index < -0.39 is 11.6 Å². The van der Waals surface area contributed by atoms with E-state index in [1.54, 1.807) is 43.6 Å². The molecular formula is C28H34ClN5O4. The zero-order chi connectivity index (χ0) is 26.4. The molecule has 0 fully saturated rings. The summed E-state index contributed by atoms with van der Waals surface area (Å²) in [6.07, 6.45) is 1.81. The predicted octanol–water partition coefficient (Wildman–Crippen LogP) is 4.72. The first-order chi connectivity index (χ1) is 17.8. The van der Waals surface area contributed by atoms with Crippen molar-refractivity contribution in [3.8, 4) is 11.5 Å². The number of nitrogens with one attached hydrogen (secondary N) is 1. The number of ether oxygens (including phenoxy) is 3. The van der Waals surface area contributed by atoms with Crippen LogP contribution < -0.4 is 20.5 Å². The monoisotopic (exact) mass is 539 g/mol. The van der Waals surface area contributed by atoms with Crippen molar-refractivity contribution in [3.05, 3.63) is 88.8 Å². The fourth-order valence-corrected chi connectivity index (χ4v) is 3.89. The molecule has 0 aliphatic rings. The number of nitrogens with zero attached hydrogens (tertiary/aromatic N) is 3. The highest BCUT2D eigenvalue weighted by atomic mass is 35.5. The molecule has 38 heavy (non-hydrogen) atoms. The van der Waals surface area contributed by atoms with Crippen molar-refractivity contribution in [1.29, 1.82) is 0 Å². The second-order valence-corrected chi connectivity index (χ2v) is 9.54. The van der Waals surface area contributed by atoms with Gasteiger partial charge in [0.25, 0.3) is 0 Å². The van der Waals surface area contributed by atoms with E-state index in [0.29, 0.717) is 34.6 Å². The lowest BCUT2D eigenvalue weighted by Crippen LogP contribution is -2.50. The molecule has 0 saturated carbocycles. The fourth-order valence-electron chi connectivity index (χ4n) is 3.61. The lowest BCUT2D eigenvalue weighted by Gasteiger charge is -2.23. The molecule has 2 heterocycles. The molecule has 2 aromatic heterocycles. The maximum Gasteiger partial charge on any atom is 0.240 e. The molecule has 2 aromatic carbocycles. The number of methoxy groups -OCH3 is 1. The molecule has 3 N–H and O–H groups in total. The molecule has 0 radical (unpaired) electrons. The summed E-state index contributed by atoms with van der Waals surface area (Å²) in [6.45, 7) is 4.11. The van der Waals surface area contributed by atoms with Crippen LogP contribution in [0.1, 0.15) is 44.3 Å². The molecule has 1 amide bonds. The van der Waals surface area contributed by atoms with Gasteiger partial charge < -0.3 is 25.3 Å². The quantitative estimate of drug-likeness (QED) is 0.283. The van der Waals surface area contributed by atoms with E-state index in [4.69, 9.17) is 31.5 Å². The van der Waals surface area contributed by atoms with Gasteiger partial charge in [0.1, 0.15) is 18.4 Å². The van der Waals surface area contributed by atoms with Gasteiger partial charge in [-0.3, -0.25) is 9.20 Å². The smallest absolute Gasteiger partial charge is 0.240 e. The molecule has 9 nitrogen and oxygen atoms in total. The summed E-state index contributed by atoms with van der Waals surface area (Å²) in [5, 5.41) is 12.2. The Bertz CT molecular complexity index is 1350. The Morgan fingerprint density at radius 2 is 1.82 bits per heavy atom. The van der Waals surface area contributed by atoms with Crippen LogP contribution in [0.25, 0.3) is 5.65 Å². The van der Waals surface area contributed by atoms with Gasteiger partial charge in [-0.1, -0.05) is 55.4 Å². The van der Waals surface area contributed by atoms with Crippen LogP contribution in [0.5, 0.6) is 11.5 Å². The van der Waals surface area contributed by atoms with Crippen LogP contribution in [0.15, 0.2) is 66.9 Å². The third-order valence-electron chi connectivity index (χ3n) is 5.63. The average Bonchev–Trinajstić information content (AvgIpc) is 3.31. The van der Waals surface area contributed by atoms with Crippen LogP contribution in [0.2, 0.25) is 5.02 Å². The molecule has 0 aliphatic carbocycles. The number of halogens is 1. The molecule has 0 bridgehead atoms. The molecule has 0 aliphatic heterocycles. The topological polar surface area (TPSA) is 113 Å². The van der Waals surface area contributed by atoms with Crippen LogP contribution in [0.4, 0.5) is 0 Å². The number of rotatable bonds is 11. The highest BCUT2D eigenvalue weighted by molar-refractivity contribution is 6.32. The minimum absolute atomic E-state index is 0. The first-order valence-corrected chi connectivity index (χ1v) is 12.1. The number of pyridine rings is 1. The number of carbonyl (C=O) groups excluding carboxylic acids is 1. The van der Waals surface area contributed by atoms with Crippen LogP contribution in [0.3, 0.4) is 0 Å². The number of hydrogen-bond acceptors (Lipinski definition) is 7. The van der Waals surface area contributed by atoms with Crippen molar-refractivity contribution < 1.29 is 19.0 Å². The number of carbonyl (C=O) groups is 1. The highest BCUT2D eigenvalue weighted by Crippen LogP contribution is 2.27. The van der Waals surface area contributed by atoms with Crippen molar-refractivity contribution in [3.63, 3.8) is 0 Å². The summed E-state index contributed by atoms with van der Waals surface area (Å²) in [5.74, 6) is 1.29. The van der Waals surface area contributed by atoms with Crippen molar-refractivity contribution in [1.82, 2.24) is 19.9 Å². The van der Waals surface area contributed by atoms with Gasteiger partial charge in [-0.2, -0.15) is 0 Å². The first kappa shape index (κ1) is 28.9. The highest BCUT2D eigenvalue weighted by Gasteiger charge is 2.28. The Morgan fingerprint density at radius 1 is 1.05 bits per heavy atom. The maximum atomic E-state index is 12.7. The zero-order valence-electron chi connectivity index (χ0n) is 21.0.